The highest BCUT2D eigenvalue weighted by Gasteiger charge is 2.40. The molecule has 3 nitrogen and oxygen atoms in total. The molecule has 0 heterocycles. The van der Waals surface area contributed by atoms with Crippen molar-refractivity contribution in [3.63, 3.8) is 0 Å². The van der Waals surface area contributed by atoms with Crippen molar-refractivity contribution in [1.29, 1.82) is 0 Å². The van der Waals surface area contributed by atoms with Crippen LogP contribution in [0, 0.1) is 0 Å². The molecule has 2 aromatic rings. The fraction of sp³-hybridized carbons (Fsp3) is 0.250. The molecule has 0 fully saturated rings. The molecule has 0 spiro atoms. The van der Waals surface area contributed by atoms with Gasteiger partial charge in [-0.3, -0.25) is 0 Å². The lowest BCUT2D eigenvalue weighted by molar-refractivity contribution is -0.149. The minimum atomic E-state index is -4.56. The van der Waals surface area contributed by atoms with E-state index in [0.29, 0.717) is 0 Å². The van der Waals surface area contributed by atoms with Crippen LogP contribution in [0.1, 0.15) is 17.2 Å². The summed E-state index contributed by atoms with van der Waals surface area (Å²) < 4.78 is 49.3. The number of hydrogen-bond acceptors (Lipinski definition) is 3. The van der Waals surface area contributed by atoms with Crippen molar-refractivity contribution in [2.75, 3.05) is 7.11 Å². The number of ether oxygens (including phenoxy) is 2. The molecule has 0 aliphatic carbocycles. The SMILES string of the molecule is COc1cccc([C@@H](N)C(F)(F)F)c1OCc1ccccc1. The van der Waals surface area contributed by atoms with Gasteiger partial charge in [-0.1, -0.05) is 42.5 Å². The van der Waals surface area contributed by atoms with Gasteiger partial charge in [0.15, 0.2) is 11.5 Å². The van der Waals surface area contributed by atoms with Crippen LogP contribution in [0.4, 0.5) is 13.2 Å². The number of methoxy groups -OCH3 is 1. The number of hydrogen-bond donors (Lipinski definition) is 1. The Kier molecular flexibility index (Phi) is 4.92. The molecule has 22 heavy (non-hydrogen) atoms. The van der Waals surface area contributed by atoms with Crippen LogP contribution in [0.15, 0.2) is 48.5 Å². The van der Waals surface area contributed by atoms with Crippen molar-refractivity contribution in [3.05, 3.63) is 59.7 Å². The highest BCUT2D eigenvalue weighted by atomic mass is 19.4. The largest absolute Gasteiger partial charge is 0.493 e. The molecule has 0 saturated heterocycles. The number of rotatable bonds is 5. The molecule has 0 aromatic heterocycles. The smallest absolute Gasteiger partial charge is 0.407 e. The first-order valence-corrected chi connectivity index (χ1v) is 6.59. The van der Waals surface area contributed by atoms with Crippen molar-refractivity contribution in [2.24, 2.45) is 5.73 Å². The minimum absolute atomic E-state index is 0.0127. The maximum Gasteiger partial charge on any atom is 0.407 e. The summed E-state index contributed by atoms with van der Waals surface area (Å²) in [5.41, 5.74) is 5.99. The van der Waals surface area contributed by atoms with Crippen LogP contribution in [-0.2, 0) is 6.61 Å². The Bertz CT molecular complexity index is 615. The third kappa shape index (κ3) is 3.71. The summed E-state index contributed by atoms with van der Waals surface area (Å²) in [5, 5.41) is 0. The van der Waals surface area contributed by atoms with Crippen LogP contribution in [-0.4, -0.2) is 13.3 Å². The molecule has 0 radical (unpaired) electrons. The van der Waals surface area contributed by atoms with Crippen molar-refractivity contribution in [2.45, 2.75) is 18.8 Å². The maximum absolute atomic E-state index is 12.9. The van der Waals surface area contributed by atoms with Crippen molar-refractivity contribution < 1.29 is 22.6 Å². The van der Waals surface area contributed by atoms with E-state index in [0.717, 1.165) is 5.56 Å². The normalized spacial score (nSPS) is 12.8. The van der Waals surface area contributed by atoms with Gasteiger partial charge in [-0.25, -0.2) is 0 Å². The lowest BCUT2D eigenvalue weighted by atomic mass is 10.1. The van der Waals surface area contributed by atoms with Crippen LogP contribution in [0.2, 0.25) is 0 Å². The fourth-order valence-corrected chi connectivity index (χ4v) is 2.00. The number of alkyl halides is 3. The van der Waals surface area contributed by atoms with E-state index in [9.17, 15) is 13.2 Å². The molecular formula is C16H16F3NO2. The van der Waals surface area contributed by atoms with Gasteiger partial charge in [0.1, 0.15) is 12.6 Å². The van der Waals surface area contributed by atoms with Gasteiger partial charge in [0.05, 0.1) is 7.11 Å². The zero-order valence-corrected chi connectivity index (χ0v) is 11.9. The van der Waals surface area contributed by atoms with Gasteiger partial charge in [-0.15, -0.1) is 0 Å². The predicted molar refractivity (Wildman–Crippen MR) is 76.8 cm³/mol. The molecule has 0 bridgehead atoms. The molecule has 0 aliphatic heterocycles. The molecule has 2 aromatic carbocycles. The Labute approximate surface area is 126 Å². The topological polar surface area (TPSA) is 44.5 Å². The van der Waals surface area contributed by atoms with E-state index in [1.165, 1.54) is 25.3 Å². The van der Waals surface area contributed by atoms with Gasteiger partial charge in [-0.05, 0) is 11.6 Å². The van der Waals surface area contributed by atoms with Crippen molar-refractivity contribution in [1.82, 2.24) is 0 Å². The molecule has 2 N–H and O–H groups in total. The summed E-state index contributed by atoms with van der Waals surface area (Å²) in [6, 6.07) is 11.3. The number of para-hydroxylation sites is 1. The van der Waals surface area contributed by atoms with Gasteiger partial charge in [0.25, 0.3) is 0 Å². The van der Waals surface area contributed by atoms with Crippen LogP contribution in [0.25, 0.3) is 0 Å². The Morgan fingerprint density at radius 1 is 1.05 bits per heavy atom. The van der Waals surface area contributed by atoms with Gasteiger partial charge >= 0.3 is 6.18 Å². The van der Waals surface area contributed by atoms with Crippen LogP contribution in [0.5, 0.6) is 11.5 Å². The second kappa shape index (κ2) is 6.70. The van der Waals surface area contributed by atoms with E-state index in [-0.39, 0.29) is 23.7 Å². The first kappa shape index (κ1) is 16.2. The van der Waals surface area contributed by atoms with Crippen LogP contribution < -0.4 is 15.2 Å². The molecule has 0 amide bonds. The molecule has 0 aliphatic rings. The summed E-state index contributed by atoms with van der Waals surface area (Å²) in [6.45, 7) is 0.124. The third-order valence-electron chi connectivity index (χ3n) is 3.14. The lowest BCUT2D eigenvalue weighted by Gasteiger charge is -2.21. The van der Waals surface area contributed by atoms with E-state index in [4.69, 9.17) is 15.2 Å². The summed E-state index contributed by atoms with van der Waals surface area (Å²) in [6.07, 6.45) is -4.56. The van der Waals surface area contributed by atoms with E-state index in [1.54, 1.807) is 0 Å². The summed E-state index contributed by atoms with van der Waals surface area (Å²) >= 11 is 0. The molecular weight excluding hydrogens is 295 g/mol. The number of halogens is 3. The first-order chi connectivity index (χ1) is 10.4. The molecule has 118 valence electrons. The van der Waals surface area contributed by atoms with Gasteiger partial charge in [-0.2, -0.15) is 13.2 Å². The maximum atomic E-state index is 12.9. The average molecular weight is 311 g/mol. The summed E-state index contributed by atoms with van der Waals surface area (Å²) in [7, 11) is 1.37. The summed E-state index contributed by atoms with van der Waals surface area (Å²) in [5.74, 6) is 0.229. The molecule has 6 heteroatoms. The van der Waals surface area contributed by atoms with Gasteiger partial charge < -0.3 is 15.2 Å². The van der Waals surface area contributed by atoms with Crippen LogP contribution >= 0.6 is 0 Å². The van der Waals surface area contributed by atoms with Crippen molar-refractivity contribution in [3.8, 4) is 11.5 Å². The highest BCUT2D eigenvalue weighted by Crippen LogP contribution is 2.40. The van der Waals surface area contributed by atoms with Crippen molar-refractivity contribution >= 4 is 0 Å². The Balaban J connectivity index is 2.31. The second-order valence-electron chi connectivity index (χ2n) is 4.67. The van der Waals surface area contributed by atoms with Gasteiger partial charge in [0, 0.05) is 5.56 Å². The van der Waals surface area contributed by atoms with E-state index < -0.39 is 12.2 Å². The monoisotopic (exact) mass is 311 g/mol. The fourth-order valence-electron chi connectivity index (χ4n) is 2.00. The summed E-state index contributed by atoms with van der Waals surface area (Å²) in [4.78, 5) is 0. The Hall–Kier alpha value is -2.21. The Morgan fingerprint density at radius 2 is 1.73 bits per heavy atom. The minimum Gasteiger partial charge on any atom is -0.493 e. The Morgan fingerprint density at radius 3 is 2.32 bits per heavy atom. The molecule has 1 atom stereocenters. The molecule has 0 saturated carbocycles. The number of nitrogens with two attached hydrogens (primary N) is 1. The second-order valence-corrected chi connectivity index (χ2v) is 4.67. The lowest BCUT2D eigenvalue weighted by Crippen LogP contribution is -2.29. The predicted octanol–water partition coefficient (Wildman–Crippen LogP) is 3.84. The first-order valence-electron chi connectivity index (χ1n) is 6.59. The quantitative estimate of drug-likeness (QED) is 0.912. The standard InChI is InChI=1S/C16H16F3NO2/c1-21-13-9-5-8-12(15(20)16(17,18)19)14(13)22-10-11-6-3-2-4-7-11/h2-9,15H,10,20H2,1H3/t15-/m1/s1. The third-order valence-corrected chi connectivity index (χ3v) is 3.14. The zero-order chi connectivity index (χ0) is 16.2. The zero-order valence-electron chi connectivity index (χ0n) is 11.9. The van der Waals surface area contributed by atoms with E-state index >= 15 is 0 Å². The van der Waals surface area contributed by atoms with Crippen LogP contribution in [0.3, 0.4) is 0 Å². The average Bonchev–Trinajstić information content (AvgIpc) is 2.52. The number of benzene rings is 2. The van der Waals surface area contributed by atoms with E-state index in [1.807, 2.05) is 30.3 Å². The molecule has 0 unspecified atom stereocenters. The van der Waals surface area contributed by atoms with Gasteiger partial charge in [0.2, 0.25) is 0 Å². The highest BCUT2D eigenvalue weighted by molar-refractivity contribution is 5.48. The van der Waals surface area contributed by atoms with E-state index in [2.05, 4.69) is 0 Å². The molecule has 2 rings (SSSR count).